The fourth-order valence-corrected chi connectivity index (χ4v) is 2.29. The van der Waals surface area contributed by atoms with Crippen molar-refractivity contribution in [3.05, 3.63) is 48.2 Å². The minimum atomic E-state index is -5.08. The van der Waals surface area contributed by atoms with Crippen LogP contribution in [0.5, 0.6) is 0 Å². The zero-order valence-electron chi connectivity index (χ0n) is 21.0. The maximum Gasteiger partial charge on any atom is 0.490 e. The highest BCUT2D eigenvalue weighted by molar-refractivity contribution is 5.73. The molecule has 12 nitrogen and oxygen atoms in total. The molecule has 3 rings (SSSR count). The van der Waals surface area contributed by atoms with E-state index >= 15 is 0 Å². The number of morpholine rings is 1. The Balaban J connectivity index is 0.000000660. The number of carbonyl (C=O) groups is 3. The second-order valence-corrected chi connectivity index (χ2v) is 7.49. The van der Waals surface area contributed by atoms with Crippen molar-refractivity contribution in [1.82, 2.24) is 19.9 Å². The summed E-state index contributed by atoms with van der Waals surface area (Å²) in [6.45, 7) is 3.01. The van der Waals surface area contributed by atoms with Gasteiger partial charge in [-0.2, -0.15) is 39.5 Å². The Hall–Kier alpha value is -4.27. The maximum atomic E-state index is 10.6. The highest BCUT2D eigenvalue weighted by Crippen LogP contribution is 2.20. The lowest BCUT2D eigenvalue weighted by atomic mass is 10.2. The molecule has 2 aromatic heterocycles. The van der Waals surface area contributed by atoms with Gasteiger partial charge in [0.25, 0.3) is 0 Å². The van der Waals surface area contributed by atoms with Crippen LogP contribution in [0, 0.1) is 0 Å². The molecule has 0 saturated carbocycles. The van der Waals surface area contributed by atoms with E-state index < -0.39 is 36.4 Å². The molecule has 1 atom stereocenters. The smallest absolute Gasteiger partial charge is 0.475 e. The lowest BCUT2D eigenvalue weighted by Gasteiger charge is -2.31. The molecule has 1 unspecified atom stereocenters. The van der Waals surface area contributed by atoms with Crippen molar-refractivity contribution in [3.8, 4) is 0 Å². The normalized spacial score (nSPS) is 15.3. The number of likely N-dealkylation sites (N-methyl/N-ethyl adjacent to an activating group) is 1. The third-order valence-corrected chi connectivity index (χ3v) is 4.29. The lowest BCUT2D eigenvalue weighted by Crippen LogP contribution is -2.37. The highest BCUT2D eigenvalue weighted by Gasteiger charge is 2.39. The van der Waals surface area contributed by atoms with E-state index in [1.807, 2.05) is 24.4 Å². The van der Waals surface area contributed by atoms with E-state index in [2.05, 4.69) is 32.2 Å². The standard InChI is InChI=1S/C15H19N5O.3C2HF3O2/c1-20-7-8-21-11-13(20)15-17-6-4-14(19-15)18-10-12-3-2-5-16-9-12;3*3-2(4,5)1(6)7/h2-6,9,13H,7-8,10-11H2,1H3,(H,17,18,19);3*(H,6,7). The summed E-state index contributed by atoms with van der Waals surface area (Å²) in [6, 6.07) is 5.96. The first-order valence-electron chi connectivity index (χ1n) is 10.8. The third kappa shape index (κ3) is 16.1. The van der Waals surface area contributed by atoms with E-state index in [4.69, 9.17) is 34.4 Å². The number of hydrogen-bond donors (Lipinski definition) is 4. The number of rotatable bonds is 4. The van der Waals surface area contributed by atoms with Gasteiger partial charge in [0.05, 0.1) is 19.3 Å². The predicted octanol–water partition coefficient (Wildman–Crippen LogP) is 3.39. The van der Waals surface area contributed by atoms with Gasteiger partial charge in [-0.15, -0.1) is 0 Å². The number of nitrogens with one attached hydrogen (secondary N) is 1. The summed E-state index contributed by atoms with van der Waals surface area (Å²) in [5, 5.41) is 24.7. The van der Waals surface area contributed by atoms with Crippen LogP contribution in [0.3, 0.4) is 0 Å². The van der Waals surface area contributed by atoms with Gasteiger partial charge in [0, 0.05) is 31.7 Å². The van der Waals surface area contributed by atoms with E-state index in [0.717, 1.165) is 30.4 Å². The highest BCUT2D eigenvalue weighted by atomic mass is 19.4. The fraction of sp³-hybridized carbons (Fsp3) is 0.429. The zero-order valence-corrected chi connectivity index (χ0v) is 21.0. The molecule has 1 fully saturated rings. The number of nitrogens with zero attached hydrogens (tertiary/aromatic N) is 4. The van der Waals surface area contributed by atoms with Crippen LogP contribution in [0.25, 0.3) is 0 Å². The van der Waals surface area contributed by atoms with Crippen LogP contribution in [-0.4, -0.2) is 98.4 Å². The van der Waals surface area contributed by atoms with Gasteiger partial charge in [-0.3, -0.25) is 9.88 Å². The van der Waals surface area contributed by atoms with Crippen LogP contribution < -0.4 is 5.32 Å². The SMILES string of the molecule is CN1CCOCC1c1nccc(NCc2cccnc2)n1.O=C(O)C(F)(F)F.O=C(O)C(F)(F)F.O=C(O)C(F)(F)F. The monoisotopic (exact) mass is 627 g/mol. The number of pyridine rings is 1. The number of aliphatic carboxylic acids is 3. The van der Waals surface area contributed by atoms with Crippen LogP contribution in [0.1, 0.15) is 17.4 Å². The molecule has 236 valence electrons. The van der Waals surface area contributed by atoms with Crippen LogP contribution >= 0.6 is 0 Å². The molecular weight excluding hydrogens is 605 g/mol. The van der Waals surface area contributed by atoms with E-state index in [-0.39, 0.29) is 6.04 Å². The van der Waals surface area contributed by atoms with Gasteiger partial charge in [0.15, 0.2) is 0 Å². The molecule has 0 aliphatic carbocycles. The van der Waals surface area contributed by atoms with Crippen molar-refractivity contribution in [2.75, 3.05) is 32.1 Å². The Kier molecular flexibility index (Phi) is 15.1. The molecule has 1 aliphatic rings. The minimum Gasteiger partial charge on any atom is -0.475 e. The average molecular weight is 627 g/mol. The minimum absolute atomic E-state index is 0.124. The third-order valence-electron chi connectivity index (χ3n) is 4.29. The van der Waals surface area contributed by atoms with Crippen molar-refractivity contribution in [3.63, 3.8) is 0 Å². The molecule has 0 aromatic carbocycles. The Bertz CT molecular complexity index is 1080. The lowest BCUT2D eigenvalue weighted by molar-refractivity contribution is -0.193. The first-order chi connectivity index (χ1) is 19.2. The summed E-state index contributed by atoms with van der Waals surface area (Å²) >= 11 is 0. The molecule has 0 radical (unpaired) electrons. The number of alkyl halides is 9. The summed E-state index contributed by atoms with van der Waals surface area (Å²) in [7, 11) is 2.08. The Morgan fingerprint density at radius 3 is 1.83 bits per heavy atom. The second-order valence-electron chi connectivity index (χ2n) is 7.49. The van der Waals surface area contributed by atoms with Crippen LogP contribution in [-0.2, 0) is 25.7 Å². The largest absolute Gasteiger partial charge is 0.490 e. The Labute approximate surface area is 229 Å². The van der Waals surface area contributed by atoms with E-state index in [1.165, 1.54) is 0 Å². The van der Waals surface area contributed by atoms with Gasteiger partial charge in [0.1, 0.15) is 11.6 Å². The van der Waals surface area contributed by atoms with Gasteiger partial charge in [-0.05, 0) is 24.7 Å². The molecule has 0 spiro atoms. The van der Waals surface area contributed by atoms with Gasteiger partial charge < -0.3 is 25.4 Å². The number of anilines is 1. The maximum absolute atomic E-state index is 10.6. The summed E-state index contributed by atoms with van der Waals surface area (Å²) in [5.41, 5.74) is 1.12. The van der Waals surface area contributed by atoms with Crippen molar-refractivity contribution < 1.29 is 74.0 Å². The van der Waals surface area contributed by atoms with Gasteiger partial charge in [0.2, 0.25) is 0 Å². The Morgan fingerprint density at radius 2 is 1.43 bits per heavy atom. The predicted molar refractivity (Wildman–Crippen MR) is 121 cm³/mol. The van der Waals surface area contributed by atoms with Crippen LogP contribution in [0.2, 0.25) is 0 Å². The molecular formula is C21H22F9N5O7. The van der Waals surface area contributed by atoms with Gasteiger partial charge >= 0.3 is 36.4 Å². The number of aromatic nitrogens is 3. The van der Waals surface area contributed by atoms with Crippen molar-refractivity contribution in [2.24, 2.45) is 0 Å². The van der Waals surface area contributed by atoms with Crippen molar-refractivity contribution >= 4 is 23.7 Å². The molecule has 1 aliphatic heterocycles. The summed E-state index contributed by atoms with van der Waals surface area (Å²) in [4.78, 5) is 42.0. The molecule has 0 bridgehead atoms. The molecule has 3 heterocycles. The molecule has 1 saturated heterocycles. The average Bonchev–Trinajstić information content (AvgIpc) is 2.88. The summed E-state index contributed by atoms with van der Waals surface area (Å²) in [6.07, 6.45) is -9.85. The topological polar surface area (TPSA) is 175 Å². The first-order valence-corrected chi connectivity index (χ1v) is 10.8. The first kappa shape index (κ1) is 37.7. The number of halogens is 9. The quantitative estimate of drug-likeness (QED) is 0.365. The molecule has 21 heteroatoms. The van der Waals surface area contributed by atoms with E-state index in [9.17, 15) is 39.5 Å². The van der Waals surface area contributed by atoms with E-state index in [1.54, 1.807) is 12.4 Å². The zero-order chi connectivity index (χ0) is 32.7. The van der Waals surface area contributed by atoms with Gasteiger partial charge in [-0.1, -0.05) is 6.07 Å². The van der Waals surface area contributed by atoms with E-state index in [0.29, 0.717) is 13.2 Å². The van der Waals surface area contributed by atoms with Gasteiger partial charge in [-0.25, -0.2) is 24.4 Å². The summed E-state index contributed by atoms with van der Waals surface area (Å²) in [5.74, 6) is -6.65. The number of carboxylic acids is 3. The Morgan fingerprint density at radius 1 is 0.929 bits per heavy atom. The second kappa shape index (κ2) is 16.9. The van der Waals surface area contributed by atoms with Crippen LogP contribution in [0.15, 0.2) is 36.8 Å². The number of ether oxygens (including phenoxy) is 1. The number of hydrogen-bond acceptors (Lipinski definition) is 9. The summed E-state index contributed by atoms with van der Waals surface area (Å²) < 4.78 is 101. The van der Waals surface area contributed by atoms with Crippen LogP contribution in [0.4, 0.5) is 45.3 Å². The van der Waals surface area contributed by atoms with Crippen molar-refractivity contribution in [2.45, 2.75) is 31.1 Å². The molecule has 4 N–H and O–H groups in total. The molecule has 0 amide bonds. The number of carboxylic acid groups (broad SMARTS) is 3. The van der Waals surface area contributed by atoms with Crippen molar-refractivity contribution in [1.29, 1.82) is 0 Å². The molecule has 42 heavy (non-hydrogen) atoms. The fourth-order valence-electron chi connectivity index (χ4n) is 2.29. The molecule has 2 aromatic rings.